The number of aryl methyl sites for hydroxylation is 1. The first kappa shape index (κ1) is 24.6. The van der Waals surface area contributed by atoms with E-state index in [1.165, 1.54) is 18.1 Å². The zero-order valence-corrected chi connectivity index (χ0v) is 20.8. The zero-order chi connectivity index (χ0) is 23.7. The Morgan fingerprint density at radius 3 is 2.41 bits per heavy atom. The van der Waals surface area contributed by atoms with Gasteiger partial charge in [0.15, 0.2) is 0 Å². The highest BCUT2D eigenvalue weighted by Gasteiger charge is 2.47. The SMILES string of the molecule is CC(=O)OCC(C)(C)CN1CC2CCN(C(=O)OC(C)(C)C)C(c3ccccc3C)[C@@H]2C1. The molecule has 0 spiro atoms. The van der Waals surface area contributed by atoms with Gasteiger partial charge in [0, 0.05) is 44.4 Å². The van der Waals surface area contributed by atoms with Gasteiger partial charge in [-0.15, -0.1) is 0 Å². The normalized spacial score (nSPS) is 24.2. The van der Waals surface area contributed by atoms with Gasteiger partial charge in [0.1, 0.15) is 5.60 Å². The number of rotatable bonds is 5. The molecule has 0 aliphatic carbocycles. The number of benzene rings is 1. The minimum Gasteiger partial charge on any atom is -0.465 e. The Labute approximate surface area is 193 Å². The van der Waals surface area contributed by atoms with Crippen LogP contribution in [-0.4, -0.2) is 60.2 Å². The highest BCUT2D eigenvalue weighted by molar-refractivity contribution is 5.69. The number of ether oxygens (including phenoxy) is 2. The van der Waals surface area contributed by atoms with Crippen LogP contribution in [0.1, 0.15) is 65.1 Å². The number of hydrogen-bond acceptors (Lipinski definition) is 5. The van der Waals surface area contributed by atoms with Gasteiger partial charge < -0.3 is 19.3 Å². The summed E-state index contributed by atoms with van der Waals surface area (Å²) in [4.78, 5) is 28.9. The molecule has 6 heteroatoms. The fourth-order valence-electron chi connectivity index (χ4n) is 5.25. The van der Waals surface area contributed by atoms with Crippen molar-refractivity contribution in [3.8, 4) is 0 Å². The van der Waals surface area contributed by atoms with Crippen LogP contribution in [0.4, 0.5) is 4.79 Å². The average molecular weight is 445 g/mol. The van der Waals surface area contributed by atoms with E-state index in [9.17, 15) is 9.59 Å². The molecule has 1 amide bonds. The summed E-state index contributed by atoms with van der Waals surface area (Å²) < 4.78 is 11.1. The second kappa shape index (κ2) is 9.42. The van der Waals surface area contributed by atoms with Crippen LogP contribution in [-0.2, 0) is 14.3 Å². The van der Waals surface area contributed by atoms with E-state index >= 15 is 0 Å². The highest BCUT2D eigenvalue weighted by atomic mass is 16.6. The first-order valence-electron chi connectivity index (χ1n) is 11.8. The number of carbonyl (C=O) groups is 2. The molecule has 0 bridgehead atoms. The smallest absolute Gasteiger partial charge is 0.410 e. The molecule has 6 nitrogen and oxygen atoms in total. The Balaban J connectivity index is 1.83. The second-order valence-electron chi connectivity index (χ2n) is 11.3. The third-order valence-corrected chi connectivity index (χ3v) is 6.50. The number of amides is 1. The molecule has 2 fully saturated rings. The van der Waals surface area contributed by atoms with E-state index in [4.69, 9.17) is 9.47 Å². The summed E-state index contributed by atoms with van der Waals surface area (Å²) in [7, 11) is 0. The number of piperidine rings is 1. The lowest BCUT2D eigenvalue weighted by Crippen LogP contribution is -2.48. The third-order valence-electron chi connectivity index (χ3n) is 6.50. The molecule has 0 saturated carbocycles. The van der Waals surface area contributed by atoms with Gasteiger partial charge in [0.2, 0.25) is 0 Å². The number of likely N-dealkylation sites (tertiary alicyclic amines) is 2. The van der Waals surface area contributed by atoms with Crippen LogP contribution in [0.3, 0.4) is 0 Å². The molecule has 178 valence electrons. The first-order valence-corrected chi connectivity index (χ1v) is 11.8. The second-order valence-corrected chi connectivity index (χ2v) is 11.3. The summed E-state index contributed by atoms with van der Waals surface area (Å²) in [5.74, 6) is 0.644. The van der Waals surface area contributed by atoms with Crippen LogP contribution in [0.2, 0.25) is 0 Å². The molecule has 2 aliphatic rings. The van der Waals surface area contributed by atoms with Crippen molar-refractivity contribution in [2.24, 2.45) is 17.3 Å². The molecule has 0 aromatic heterocycles. The Kier molecular flexibility index (Phi) is 7.23. The first-order chi connectivity index (χ1) is 14.9. The molecule has 1 aromatic rings. The van der Waals surface area contributed by atoms with Gasteiger partial charge >= 0.3 is 12.1 Å². The van der Waals surface area contributed by atoms with Gasteiger partial charge in [-0.25, -0.2) is 4.79 Å². The molecule has 3 atom stereocenters. The lowest BCUT2D eigenvalue weighted by atomic mass is 9.78. The van der Waals surface area contributed by atoms with Crippen molar-refractivity contribution >= 4 is 12.1 Å². The van der Waals surface area contributed by atoms with Crippen LogP contribution in [0.5, 0.6) is 0 Å². The topological polar surface area (TPSA) is 59.1 Å². The van der Waals surface area contributed by atoms with Crippen molar-refractivity contribution in [2.75, 3.05) is 32.8 Å². The van der Waals surface area contributed by atoms with Crippen LogP contribution < -0.4 is 0 Å². The molecule has 0 N–H and O–H groups in total. The Hall–Kier alpha value is -2.08. The van der Waals surface area contributed by atoms with Crippen molar-refractivity contribution in [3.05, 3.63) is 35.4 Å². The number of nitrogens with zero attached hydrogens (tertiary/aromatic N) is 2. The molecule has 2 aliphatic heterocycles. The number of fused-ring (bicyclic) bond motifs is 1. The molecular formula is C26H40N2O4. The molecule has 2 saturated heterocycles. The number of carbonyl (C=O) groups excluding carboxylic acids is 2. The lowest BCUT2D eigenvalue weighted by molar-refractivity contribution is -0.144. The van der Waals surface area contributed by atoms with Crippen molar-refractivity contribution in [3.63, 3.8) is 0 Å². The van der Waals surface area contributed by atoms with E-state index in [1.54, 1.807) is 0 Å². The highest BCUT2D eigenvalue weighted by Crippen LogP contribution is 2.45. The van der Waals surface area contributed by atoms with E-state index < -0.39 is 5.60 Å². The van der Waals surface area contributed by atoms with Gasteiger partial charge in [-0.2, -0.15) is 0 Å². The third kappa shape index (κ3) is 6.03. The molecule has 3 rings (SSSR count). The standard InChI is InChI=1S/C26H40N2O4/c1-18-10-8-9-11-21(18)23-22-15-27(16-26(6,7)17-31-19(2)29)14-20(22)12-13-28(23)24(30)32-25(3,4)5/h8-11,20,22-23H,12-17H2,1-7H3/t20?,22-,23?/m1/s1. The summed E-state index contributed by atoms with van der Waals surface area (Å²) in [5, 5.41) is 0. The summed E-state index contributed by atoms with van der Waals surface area (Å²) >= 11 is 0. The van der Waals surface area contributed by atoms with Gasteiger partial charge in [-0.3, -0.25) is 4.79 Å². The monoisotopic (exact) mass is 444 g/mol. The molecule has 2 unspecified atom stereocenters. The minimum absolute atomic E-state index is 0.00591. The maximum Gasteiger partial charge on any atom is 0.410 e. The predicted molar refractivity (Wildman–Crippen MR) is 125 cm³/mol. The quantitative estimate of drug-likeness (QED) is 0.610. The van der Waals surface area contributed by atoms with E-state index in [0.717, 1.165) is 26.1 Å². The summed E-state index contributed by atoms with van der Waals surface area (Å²) in [5.41, 5.74) is 1.78. The van der Waals surface area contributed by atoms with E-state index in [2.05, 4.69) is 49.9 Å². The minimum atomic E-state index is -0.521. The Bertz CT molecular complexity index is 829. The zero-order valence-electron chi connectivity index (χ0n) is 20.8. The van der Waals surface area contributed by atoms with E-state index in [-0.39, 0.29) is 23.5 Å². The maximum absolute atomic E-state index is 13.2. The Morgan fingerprint density at radius 1 is 1.09 bits per heavy atom. The average Bonchev–Trinajstić information content (AvgIpc) is 3.06. The van der Waals surface area contributed by atoms with Gasteiger partial charge in [-0.05, 0) is 51.2 Å². The maximum atomic E-state index is 13.2. The van der Waals surface area contributed by atoms with Crippen LogP contribution in [0, 0.1) is 24.2 Å². The van der Waals surface area contributed by atoms with E-state index in [1.807, 2.05) is 25.7 Å². The molecule has 0 radical (unpaired) electrons. The summed E-state index contributed by atoms with van der Waals surface area (Å²) in [6.45, 7) is 17.5. The molecular weight excluding hydrogens is 404 g/mol. The predicted octanol–water partition coefficient (Wildman–Crippen LogP) is 4.81. The number of hydrogen-bond donors (Lipinski definition) is 0. The largest absolute Gasteiger partial charge is 0.465 e. The Morgan fingerprint density at radius 2 is 1.78 bits per heavy atom. The van der Waals surface area contributed by atoms with Crippen molar-refractivity contribution in [1.82, 2.24) is 9.80 Å². The van der Waals surface area contributed by atoms with Crippen molar-refractivity contribution < 1.29 is 19.1 Å². The van der Waals surface area contributed by atoms with Crippen LogP contribution in [0.25, 0.3) is 0 Å². The van der Waals surface area contributed by atoms with Gasteiger partial charge in [0.25, 0.3) is 0 Å². The fourth-order valence-corrected chi connectivity index (χ4v) is 5.25. The van der Waals surface area contributed by atoms with E-state index in [0.29, 0.717) is 25.0 Å². The lowest BCUT2D eigenvalue weighted by Gasteiger charge is -2.43. The molecule has 1 aromatic carbocycles. The van der Waals surface area contributed by atoms with Crippen LogP contribution >= 0.6 is 0 Å². The summed E-state index contributed by atoms with van der Waals surface area (Å²) in [6, 6.07) is 8.41. The molecule has 32 heavy (non-hydrogen) atoms. The van der Waals surface area contributed by atoms with Gasteiger partial charge in [0.05, 0.1) is 12.6 Å². The number of esters is 1. The van der Waals surface area contributed by atoms with Crippen molar-refractivity contribution in [2.45, 2.75) is 66.5 Å². The summed E-state index contributed by atoms with van der Waals surface area (Å²) in [6.07, 6.45) is 0.755. The van der Waals surface area contributed by atoms with Gasteiger partial charge in [-0.1, -0.05) is 38.1 Å². The van der Waals surface area contributed by atoms with Crippen molar-refractivity contribution in [1.29, 1.82) is 0 Å². The van der Waals surface area contributed by atoms with Crippen LogP contribution in [0.15, 0.2) is 24.3 Å². The fraction of sp³-hybridized carbons (Fsp3) is 0.692. The molecule has 2 heterocycles.